The molecule has 2 fully saturated rings. The van der Waals surface area contributed by atoms with E-state index < -0.39 is 0 Å². The molecule has 1 N–H and O–H groups in total. The summed E-state index contributed by atoms with van der Waals surface area (Å²) in [5.74, 6) is 1.12. The van der Waals surface area contributed by atoms with Crippen LogP contribution in [-0.4, -0.2) is 33.7 Å². The van der Waals surface area contributed by atoms with E-state index in [0.717, 1.165) is 61.3 Å². The lowest BCUT2D eigenvalue weighted by Gasteiger charge is -2.36. The number of carbonyl (C=O) groups excluding carboxylic acids is 2. The van der Waals surface area contributed by atoms with Crippen molar-refractivity contribution >= 4 is 11.7 Å². The van der Waals surface area contributed by atoms with Crippen LogP contribution in [0.2, 0.25) is 0 Å². The Balaban J connectivity index is 1.63. The first-order valence-corrected chi connectivity index (χ1v) is 9.63. The number of ketones is 1. The average molecular weight is 328 g/mol. The predicted molar refractivity (Wildman–Crippen MR) is 93.4 cm³/mol. The fraction of sp³-hybridized carbons (Fsp3) is 0.700. The molecule has 1 aromatic rings. The molecule has 1 heterocycles. The van der Waals surface area contributed by atoms with Crippen LogP contribution in [0, 0.1) is 12.8 Å². The van der Waals surface area contributed by atoms with E-state index in [1.807, 2.05) is 6.92 Å². The first-order chi connectivity index (χ1) is 11.6. The Labute approximate surface area is 144 Å². The highest BCUT2D eigenvalue weighted by Crippen LogP contribution is 2.37. The summed E-state index contributed by atoms with van der Waals surface area (Å²) in [4.78, 5) is 31.1. The molecule has 3 aliphatic rings. The van der Waals surface area contributed by atoms with Crippen molar-refractivity contribution in [2.24, 2.45) is 5.92 Å². The quantitative estimate of drug-likeness (QED) is 0.911. The van der Waals surface area contributed by atoms with Crippen LogP contribution in [0.3, 0.4) is 0 Å². The largest absolute Gasteiger partial charge is 0.354 e. The van der Waals surface area contributed by atoms with Gasteiger partial charge in [-0.2, -0.15) is 0 Å². The average Bonchev–Trinajstić information content (AvgIpc) is 3.33. The number of aryl methyl sites for hydroxylation is 1. The van der Waals surface area contributed by atoms with Crippen LogP contribution in [0.1, 0.15) is 90.4 Å². The number of hydrogen-bond donors (Lipinski definition) is 1. The maximum atomic E-state index is 13.3. The number of amides is 1. The molecule has 1 amide bonds. The van der Waals surface area contributed by atoms with Gasteiger partial charge in [0.25, 0.3) is 5.91 Å². The Morgan fingerprint density at radius 3 is 2.25 bits per heavy atom. The van der Waals surface area contributed by atoms with Gasteiger partial charge in [-0.05, 0) is 69.8 Å². The molecule has 0 bridgehead atoms. The third-order valence-corrected chi connectivity index (χ3v) is 6.20. The van der Waals surface area contributed by atoms with Crippen molar-refractivity contribution in [2.75, 3.05) is 0 Å². The number of nitrogens with zero attached hydrogens (tertiary/aromatic N) is 1. The van der Waals surface area contributed by atoms with E-state index in [9.17, 15) is 9.59 Å². The number of nitrogens with one attached hydrogen (secondary N) is 1. The van der Waals surface area contributed by atoms with Gasteiger partial charge in [-0.25, -0.2) is 0 Å². The molecule has 0 radical (unpaired) electrons. The molecule has 4 heteroatoms. The third kappa shape index (κ3) is 2.70. The van der Waals surface area contributed by atoms with Gasteiger partial charge in [0.05, 0.1) is 0 Å². The van der Waals surface area contributed by atoms with Crippen molar-refractivity contribution in [3.63, 3.8) is 0 Å². The SMILES string of the molecule is Cc1c(C(=O)N(C2CCC(C)CC2)C2CC2)[nH]c2c1C(=O)CCC2. The molecule has 130 valence electrons. The first kappa shape index (κ1) is 15.9. The molecule has 0 spiro atoms. The summed E-state index contributed by atoms with van der Waals surface area (Å²) in [7, 11) is 0. The van der Waals surface area contributed by atoms with Gasteiger partial charge >= 0.3 is 0 Å². The molecule has 0 aromatic carbocycles. The van der Waals surface area contributed by atoms with E-state index in [2.05, 4.69) is 16.8 Å². The number of Topliss-reactive ketones (excluding diaryl/α,β-unsaturated/α-hetero) is 1. The van der Waals surface area contributed by atoms with Gasteiger partial charge in [-0.3, -0.25) is 9.59 Å². The van der Waals surface area contributed by atoms with Gasteiger partial charge in [0, 0.05) is 29.8 Å². The predicted octanol–water partition coefficient (Wildman–Crippen LogP) is 4.03. The Kier molecular flexibility index (Phi) is 4.01. The van der Waals surface area contributed by atoms with Crippen molar-refractivity contribution in [2.45, 2.75) is 83.7 Å². The number of aromatic nitrogens is 1. The summed E-state index contributed by atoms with van der Waals surface area (Å²) < 4.78 is 0. The second-order valence-corrected chi connectivity index (χ2v) is 8.11. The van der Waals surface area contributed by atoms with Crippen molar-refractivity contribution in [1.29, 1.82) is 0 Å². The van der Waals surface area contributed by atoms with Crippen LogP contribution < -0.4 is 0 Å². The minimum absolute atomic E-state index is 0.136. The van der Waals surface area contributed by atoms with Gasteiger partial charge in [0.15, 0.2) is 5.78 Å². The minimum Gasteiger partial charge on any atom is -0.354 e. The van der Waals surface area contributed by atoms with Crippen molar-refractivity contribution in [1.82, 2.24) is 9.88 Å². The highest BCUT2D eigenvalue weighted by molar-refractivity contribution is 6.04. The van der Waals surface area contributed by atoms with E-state index in [1.165, 1.54) is 12.8 Å². The Hall–Kier alpha value is -1.58. The van der Waals surface area contributed by atoms with Gasteiger partial charge in [-0.1, -0.05) is 6.92 Å². The second kappa shape index (κ2) is 6.05. The van der Waals surface area contributed by atoms with Crippen LogP contribution in [0.4, 0.5) is 0 Å². The van der Waals surface area contributed by atoms with Crippen LogP contribution in [-0.2, 0) is 6.42 Å². The van der Waals surface area contributed by atoms with E-state index in [4.69, 9.17) is 0 Å². The molecule has 3 aliphatic carbocycles. The molecule has 24 heavy (non-hydrogen) atoms. The summed E-state index contributed by atoms with van der Waals surface area (Å²) in [6, 6.07) is 0.808. The Morgan fingerprint density at radius 2 is 1.67 bits per heavy atom. The molecular weight excluding hydrogens is 300 g/mol. The Bertz CT molecular complexity index is 663. The van der Waals surface area contributed by atoms with Crippen LogP contribution in [0.15, 0.2) is 0 Å². The lowest BCUT2D eigenvalue weighted by atomic mass is 9.86. The van der Waals surface area contributed by atoms with Gasteiger partial charge in [0.1, 0.15) is 5.69 Å². The van der Waals surface area contributed by atoms with Gasteiger partial charge in [-0.15, -0.1) is 0 Å². The molecule has 0 saturated heterocycles. The van der Waals surface area contributed by atoms with Crippen LogP contribution in [0.5, 0.6) is 0 Å². The van der Waals surface area contributed by atoms with Crippen molar-refractivity contribution < 1.29 is 9.59 Å². The van der Waals surface area contributed by atoms with Crippen molar-refractivity contribution in [3.05, 3.63) is 22.5 Å². The number of rotatable bonds is 3. The van der Waals surface area contributed by atoms with E-state index in [0.29, 0.717) is 24.2 Å². The molecule has 0 aliphatic heterocycles. The summed E-state index contributed by atoms with van der Waals surface area (Å²) >= 11 is 0. The summed E-state index contributed by atoms with van der Waals surface area (Å²) in [6.45, 7) is 4.26. The van der Waals surface area contributed by atoms with Crippen LogP contribution >= 0.6 is 0 Å². The van der Waals surface area contributed by atoms with Gasteiger partial charge in [0.2, 0.25) is 0 Å². The monoisotopic (exact) mass is 328 g/mol. The standard InChI is InChI=1S/C20H28N2O2/c1-12-6-8-14(9-7-12)22(15-10-11-15)20(24)19-13(2)18-16(21-19)4-3-5-17(18)23/h12,14-15,21H,3-11H2,1-2H3. The maximum absolute atomic E-state index is 13.3. The van der Waals surface area contributed by atoms with E-state index in [1.54, 1.807) is 0 Å². The molecule has 4 rings (SSSR count). The number of fused-ring (bicyclic) bond motifs is 1. The summed E-state index contributed by atoms with van der Waals surface area (Å²) in [5.41, 5.74) is 3.35. The lowest BCUT2D eigenvalue weighted by Crippen LogP contribution is -2.44. The molecule has 0 unspecified atom stereocenters. The highest BCUT2D eigenvalue weighted by Gasteiger charge is 2.40. The summed E-state index contributed by atoms with van der Waals surface area (Å²) in [6.07, 6.45) is 9.37. The molecule has 0 atom stereocenters. The fourth-order valence-electron chi connectivity index (χ4n) is 4.62. The fourth-order valence-corrected chi connectivity index (χ4v) is 4.62. The number of carbonyl (C=O) groups is 2. The highest BCUT2D eigenvalue weighted by atomic mass is 16.2. The Morgan fingerprint density at radius 1 is 1.04 bits per heavy atom. The molecule has 4 nitrogen and oxygen atoms in total. The second-order valence-electron chi connectivity index (χ2n) is 8.11. The normalized spacial score (nSPS) is 27.0. The smallest absolute Gasteiger partial charge is 0.271 e. The van der Waals surface area contributed by atoms with E-state index >= 15 is 0 Å². The maximum Gasteiger partial charge on any atom is 0.271 e. The zero-order chi connectivity index (χ0) is 16.8. The summed E-state index contributed by atoms with van der Waals surface area (Å²) in [5, 5.41) is 0. The van der Waals surface area contributed by atoms with Crippen LogP contribution in [0.25, 0.3) is 0 Å². The zero-order valence-electron chi connectivity index (χ0n) is 14.9. The van der Waals surface area contributed by atoms with Gasteiger partial charge < -0.3 is 9.88 Å². The first-order valence-electron chi connectivity index (χ1n) is 9.63. The third-order valence-electron chi connectivity index (χ3n) is 6.20. The molecule has 1 aromatic heterocycles. The topological polar surface area (TPSA) is 53.2 Å². The lowest BCUT2D eigenvalue weighted by molar-refractivity contribution is 0.0586. The number of H-pyrrole nitrogens is 1. The molecule has 2 saturated carbocycles. The number of aromatic amines is 1. The zero-order valence-corrected chi connectivity index (χ0v) is 14.9. The molecular formula is C20H28N2O2. The van der Waals surface area contributed by atoms with Crippen molar-refractivity contribution in [3.8, 4) is 0 Å². The minimum atomic E-state index is 0.136. The number of hydrogen-bond acceptors (Lipinski definition) is 2. The van der Waals surface area contributed by atoms with E-state index in [-0.39, 0.29) is 11.7 Å².